The Hall–Kier alpha value is -1.87. The molecular formula is C14H18FNO6S. The Labute approximate surface area is 135 Å². The van der Waals surface area contributed by atoms with Crippen LogP contribution in [0.1, 0.15) is 32.4 Å². The summed E-state index contributed by atoms with van der Waals surface area (Å²) in [5, 5.41) is 17.7. The average molecular weight is 347 g/mol. The van der Waals surface area contributed by atoms with Gasteiger partial charge in [-0.1, -0.05) is 0 Å². The average Bonchev–Trinajstić information content (AvgIpc) is 2.50. The molecule has 1 rings (SSSR count). The Kier molecular flexibility index (Phi) is 5.60. The van der Waals surface area contributed by atoms with Crippen LogP contribution in [0.2, 0.25) is 0 Å². The highest BCUT2D eigenvalue weighted by molar-refractivity contribution is 7.88. The number of benzene rings is 1. The molecular weight excluding hydrogens is 329 g/mol. The summed E-state index contributed by atoms with van der Waals surface area (Å²) in [5.74, 6) is -1.48. The SMILES string of the molecule is COC(=O)[C@](F)([C@@H](O)c1ccc([N+](=O)[O-])cc1)S(=O)C(C)(C)C. The van der Waals surface area contributed by atoms with Gasteiger partial charge in [-0.05, 0) is 38.5 Å². The fourth-order valence-electron chi connectivity index (χ4n) is 1.87. The molecule has 1 unspecified atom stereocenters. The highest BCUT2D eigenvalue weighted by Gasteiger charge is 2.56. The Balaban J connectivity index is 3.34. The molecule has 0 heterocycles. The lowest BCUT2D eigenvalue weighted by Gasteiger charge is -2.32. The molecule has 0 aliphatic carbocycles. The summed E-state index contributed by atoms with van der Waals surface area (Å²) in [6.45, 7) is 4.34. The van der Waals surface area contributed by atoms with E-state index < -0.39 is 37.5 Å². The van der Waals surface area contributed by atoms with E-state index in [1.165, 1.54) is 20.8 Å². The van der Waals surface area contributed by atoms with Gasteiger partial charge in [0.25, 0.3) is 5.69 Å². The van der Waals surface area contributed by atoms with Crippen LogP contribution in [0.5, 0.6) is 0 Å². The standard InChI is InChI=1S/C14H18FNO6S/c1-13(2,3)23(21)14(15,12(18)22-4)11(17)9-5-7-10(8-6-9)16(19)20/h5-8,11,17H,1-4H3/t11-,14-,23?/m0/s1. The summed E-state index contributed by atoms with van der Waals surface area (Å²) in [6.07, 6.45) is -2.10. The summed E-state index contributed by atoms with van der Waals surface area (Å²) < 4.78 is 30.9. The van der Waals surface area contributed by atoms with Gasteiger partial charge in [-0.3, -0.25) is 14.3 Å². The molecule has 0 amide bonds. The number of carbonyl (C=O) groups is 1. The molecule has 0 saturated heterocycles. The largest absolute Gasteiger partial charge is 0.466 e. The van der Waals surface area contributed by atoms with Crippen molar-refractivity contribution in [3.05, 3.63) is 39.9 Å². The highest BCUT2D eigenvalue weighted by Crippen LogP contribution is 2.39. The van der Waals surface area contributed by atoms with Gasteiger partial charge in [-0.15, -0.1) is 0 Å². The van der Waals surface area contributed by atoms with Crippen LogP contribution < -0.4 is 0 Å². The second kappa shape index (κ2) is 6.71. The van der Waals surface area contributed by atoms with E-state index in [1.807, 2.05) is 0 Å². The van der Waals surface area contributed by atoms with Crippen LogP contribution in [0.4, 0.5) is 10.1 Å². The Morgan fingerprint density at radius 1 is 1.35 bits per heavy atom. The third-order valence-corrected chi connectivity index (χ3v) is 5.10. The molecule has 0 spiro atoms. The van der Waals surface area contributed by atoms with Gasteiger partial charge in [-0.2, -0.15) is 0 Å². The van der Waals surface area contributed by atoms with Crippen LogP contribution in [-0.2, 0) is 20.3 Å². The summed E-state index contributed by atoms with van der Waals surface area (Å²) in [5.41, 5.74) is -0.387. The van der Waals surface area contributed by atoms with Crippen molar-refractivity contribution in [1.82, 2.24) is 0 Å². The number of aliphatic hydroxyl groups excluding tert-OH is 1. The van der Waals surface area contributed by atoms with Gasteiger partial charge in [-0.25, -0.2) is 9.18 Å². The number of nitrogens with zero attached hydrogens (tertiary/aromatic N) is 1. The molecule has 128 valence electrons. The zero-order chi connectivity index (χ0) is 18.0. The van der Waals surface area contributed by atoms with Crippen molar-refractivity contribution in [2.24, 2.45) is 0 Å². The zero-order valence-electron chi connectivity index (χ0n) is 13.1. The number of hydrogen-bond acceptors (Lipinski definition) is 6. The quantitative estimate of drug-likeness (QED) is 0.496. The van der Waals surface area contributed by atoms with Crippen LogP contribution in [0, 0.1) is 10.1 Å². The number of carbonyl (C=O) groups excluding carboxylic acids is 1. The maximum atomic E-state index is 15.3. The molecule has 0 fully saturated rings. The summed E-state index contributed by atoms with van der Waals surface area (Å²) >= 11 is 0. The monoisotopic (exact) mass is 347 g/mol. The van der Waals surface area contributed by atoms with E-state index >= 15 is 4.39 Å². The number of alkyl halides is 1. The molecule has 0 aliphatic heterocycles. The van der Waals surface area contributed by atoms with Crippen molar-refractivity contribution in [2.75, 3.05) is 7.11 Å². The predicted molar refractivity (Wildman–Crippen MR) is 81.8 cm³/mol. The first-order valence-electron chi connectivity index (χ1n) is 6.58. The second-order valence-electron chi connectivity index (χ2n) is 5.77. The van der Waals surface area contributed by atoms with E-state index in [1.54, 1.807) is 0 Å². The van der Waals surface area contributed by atoms with E-state index in [0.29, 0.717) is 0 Å². The molecule has 0 radical (unpaired) electrons. The molecule has 1 N–H and O–H groups in total. The normalized spacial score (nSPS) is 17.0. The number of ether oxygens (including phenoxy) is 1. The van der Waals surface area contributed by atoms with Gasteiger partial charge >= 0.3 is 11.0 Å². The molecule has 0 aliphatic rings. The summed E-state index contributed by atoms with van der Waals surface area (Å²) in [6, 6.07) is 4.30. The van der Waals surface area contributed by atoms with Gasteiger partial charge in [0.1, 0.15) is 6.10 Å². The predicted octanol–water partition coefficient (Wildman–Crippen LogP) is 2.01. The maximum Gasteiger partial charge on any atom is 0.360 e. The van der Waals surface area contributed by atoms with E-state index in [0.717, 1.165) is 31.4 Å². The molecule has 0 saturated carbocycles. The number of esters is 1. The second-order valence-corrected chi connectivity index (χ2v) is 8.13. The third-order valence-electron chi connectivity index (χ3n) is 3.06. The molecule has 0 aromatic heterocycles. The topological polar surface area (TPSA) is 107 Å². The molecule has 7 nitrogen and oxygen atoms in total. The molecule has 0 bridgehead atoms. The minimum absolute atomic E-state index is 0.124. The Morgan fingerprint density at radius 3 is 2.17 bits per heavy atom. The first kappa shape index (κ1) is 19.2. The number of nitro benzene ring substituents is 1. The number of methoxy groups -OCH3 is 1. The lowest BCUT2D eigenvalue weighted by molar-refractivity contribution is -0.384. The van der Waals surface area contributed by atoms with E-state index in [2.05, 4.69) is 4.74 Å². The van der Waals surface area contributed by atoms with Crippen molar-refractivity contribution < 1.29 is 28.2 Å². The first-order valence-corrected chi connectivity index (χ1v) is 7.73. The lowest BCUT2D eigenvalue weighted by atomic mass is 10.0. The zero-order valence-corrected chi connectivity index (χ0v) is 13.9. The minimum Gasteiger partial charge on any atom is -0.466 e. The third kappa shape index (κ3) is 3.73. The lowest BCUT2D eigenvalue weighted by Crippen LogP contribution is -2.50. The molecule has 9 heteroatoms. The van der Waals surface area contributed by atoms with Gasteiger partial charge < -0.3 is 9.84 Å². The molecule has 23 heavy (non-hydrogen) atoms. The van der Waals surface area contributed by atoms with Crippen LogP contribution in [0.15, 0.2) is 24.3 Å². The van der Waals surface area contributed by atoms with Gasteiger partial charge in [0.15, 0.2) is 0 Å². The van der Waals surface area contributed by atoms with Gasteiger partial charge in [0.05, 0.1) is 22.8 Å². The van der Waals surface area contributed by atoms with Crippen LogP contribution in [0.3, 0.4) is 0 Å². The number of halogens is 1. The van der Waals surface area contributed by atoms with Crippen LogP contribution in [-0.4, -0.2) is 37.1 Å². The number of rotatable bonds is 5. The summed E-state index contributed by atoms with van der Waals surface area (Å²) in [4.78, 5) is 21.8. The van der Waals surface area contributed by atoms with Crippen molar-refractivity contribution in [2.45, 2.75) is 36.6 Å². The number of non-ortho nitro benzene ring substituents is 1. The van der Waals surface area contributed by atoms with E-state index in [4.69, 9.17) is 0 Å². The van der Waals surface area contributed by atoms with Crippen molar-refractivity contribution in [3.63, 3.8) is 0 Å². The smallest absolute Gasteiger partial charge is 0.360 e. The fraction of sp³-hybridized carbons (Fsp3) is 0.500. The van der Waals surface area contributed by atoms with E-state index in [-0.39, 0.29) is 11.3 Å². The van der Waals surface area contributed by atoms with Crippen molar-refractivity contribution in [3.8, 4) is 0 Å². The number of hydrogen-bond donors (Lipinski definition) is 1. The Morgan fingerprint density at radius 2 is 1.83 bits per heavy atom. The minimum atomic E-state index is -3.21. The molecule has 3 atom stereocenters. The summed E-state index contributed by atoms with van der Waals surface area (Å²) in [7, 11) is -1.52. The molecule has 1 aromatic carbocycles. The number of aliphatic hydroxyl groups is 1. The van der Waals surface area contributed by atoms with Crippen molar-refractivity contribution in [1.29, 1.82) is 0 Å². The van der Waals surface area contributed by atoms with Gasteiger partial charge in [0.2, 0.25) is 0 Å². The van der Waals surface area contributed by atoms with Crippen molar-refractivity contribution >= 4 is 22.5 Å². The van der Waals surface area contributed by atoms with E-state index in [9.17, 15) is 24.2 Å². The van der Waals surface area contributed by atoms with Crippen LogP contribution in [0.25, 0.3) is 0 Å². The fourth-order valence-corrected chi connectivity index (χ4v) is 3.33. The first-order chi connectivity index (χ1) is 10.5. The Bertz CT molecular complexity index is 627. The van der Waals surface area contributed by atoms with Crippen LogP contribution >= 0.6 is 0 Å². The molecule has 1 aromatic rings. The maximum absolute atomic E-state index is 15.3. The number of nitro groups is 1. The highest BCUT2D eigenvalue weighted by atomic mass is 32.2. The van der Waals surface area contributed by atoms with Gasteiger partial charge in [0, 0.05) is 16.9 Å².